The molecule has 0 saturated heterocycles. The fourth-order valence-corrected chi connectivity index (χ4v) is 3.57. The Morgan fingerprint density at radius 2 is 1.44 bits per heavy atom. The molecule has 0 amide bonds. The molecule has 5 heteroatoms. The maximum absolute atomic E-state index is 10.6. The molecule has 0 saturated carbocycles. The Morgan fingerprint density at radius 3 is 1.92 bits per heavy atom. The molecule has 2 aromatic carbocycles. The number of nitrogens with one attached hydrogen (secondary N) is 1. The van der Waals surface area contributed by atoms with Gasteiger partial charge >= 0.3 is 5.97 Å². The number of hydrogen-bond acceptors (Lipinski definition) is 3. The highest BCUT2D eigenvalue weighted by atomic mass is 32.1. The summed E-state index contributed by atoms with van der Waals surface area (Å²) in [6, 6.07) is 19.9. The number of nitrogen functional groups attached to an aromatic ring is 1. The third kappa shape index (κ3) is 4.14. The van der Waals surface area contributed by atoms with Crippen LogP contribution in [-0.2, 0) is 11.2 Å². The number of aryl methyl sites for hydroxylation is 1. The van der Waals surface area contributed by atoms with E-state index in [1.807, 2.05) is 48.5 Å². The SMILES string of the molecule is N=C(N)c1ccc(-c2ccc(-c3ccc(CCC(=O)O)cc3)s2)cc1. The first kappa shape index (κ1) is 16.9. The van der Waals surface area contributed by atoms with Crippen LogP contribution >= 0.6 is 11.3 Å². The Balaban J connectivity index is 1.76. The van der Waals surface area contributed by atoms with Crippen LogP contribution in [0.15, 0.2) is 60.7 Å². The minimum absolute atomic E-state index is 0.0707. The second kappa shape index (κ2) is 7.32. The molecule has 3 rings (SSSR count). The number of carboxylic acid groups (broad SMARTS) is 1. The number of hydrogen-bond donors (Lipinski definition) is 3. The maximum Gasteiger partial charge on any atom is 0.303 e. The Bertz CT molecular complexity index is 896. The lowest BCUT2D eigenvalue weighted by atomic mass is 10.1. The van der Waals surface area contributed by atoms with Crippen molar-refractivity contribution >= 4 is 23.1 Å². The van der Waals surface area contributed by atoms with E-state index in [2.05, 4.69) is 12.1 Å². The first-order valence-electron chi connectivity index (χ1n) is 7.89. The van der Waals surface area contributed by atoms with Crippen molar-refractivity contribution in [1.29, 1.82) is 5.41 Å². The van der Waals surface area contributed by atoms with Crippen LogP contribution in [0.2, 0.25) is 0 Å². The largest absolute Gasteiger partial charge is 0.481 e. The van der Waals surface area contributed by atoms with Gasteiger partial charge in [-0.05, 0) is 35.2 Å². The molecule has 1 aromatic heterocycles. The lowest BCUT2D eigenvalue weighted by Gasteiger charge is -2.02. The summed E-state index contributed by atoms with van der Waals surface area (Å²) < 4.78 is 0. The van der Waals surface area contributed by atoms with Gasteiger partial charge in [0.05, 0.1) is 0 Å². The predicted molar refractivity (Wildman–Crippen MR) is 102 cm³/mol. The van der Waals surface area contributed by atoms with Gasteiger partial charge in [0, 0.05) is 21.7 Å². The normalized spacial score (nSPS) is 10.6. The third-order valence-electron chi connectivity index (χ3n) is 3.95. The Hall–Kier alpha value is -2.92. The van der Waals surface area contributed by atoms with E-state index in [9.17, 15) is 4.79 Å². The van der Waals surface area contributed by atoms with Crippen molar-refractivity contribution in [2.45, 2.75) is 12.8 Å². The van der Waals surface area contributed by atoms with Gasteiger partial charge in [-0.25, -0.2) is 0 Å². The fraction of sp³-hybridized carbons (Fsp3) is 0.100. The van der Waals surface area contributed by atoms with Gasteiger partial charge in [-0.3, -0.25) is 10.2 Å². The van der Waals surface area contributed by atoms with E-state index in [4.69, 9.17) is 16.2 Å². The van der Waals surface area contributed by atoms with Gasteiger partial charge in [0.2, 0.25) is 0 Å². The topological polar surface area (TPSA) is 87.2 Å². The number of rotatable bonds is 6. The Labute approximate surface area is 150 Å². The van der Waals surface area contributed by atoms with Crippen LogP contribution in [0.3, 0.4) is 0 Å². The van der Waals surface area contributed by atoms with Crippen LogP contribution in [0.5, 0.6) is 0 Å². The summed E-state index contributed by atoms with van der Waals surface area (Å²) in [5, 5.41) is 16.2. The summed E-state index contributed by atoms with van der Waals surface area (Å²) in [5.74, 6) is -0.704. The van der Waals surface area contributed by atoms with Crippen LogP contribution in [0.25, 0.3) is 20.9 Å². The molecule has 25 heavy (non-hydrogen) atoms. The van der Waals surface area contributed by atoms with Gasteiger partial charge in [-0.1, -0.05) is 48.5 Å². The molecule has 126 valence electrons. The molecule has 0 aliphatic heterocycles. The minimum Gasteiger partial charge on any atom is -0.481 e. The highest BCUT2D eigenvalue weighted by Crippen LogP contribution is 2.34. The van der Waals surface area contributed by atoms with Crippen LogP contribution < -0.4 is 5.73 Å². The van der Waals surface area contributed by atoms with Gasteiger partial charge in [-0.2, -0.15) is 0 Å². The third-order valence-corrected chi connectivity index (χ3v) is 5.14. The van der Waals surface area contributed by atoms with Crippen molar-refractivity contribution in [2.24, 2.45) is 5.73 Å². The van der Waals surface area contributed by atoms with E-state index >= 15 is 0 Å². The highest BCUT2D eigenvalue weighted by molar-refractivity contribution is 7.18. The van der Waals surface area contributed by atoms with E-state index in [-0.39, 0.29) is 12.3 Å². The fourth-order valence-electron chi connectivity index (χ4n) is 2.55. The van der Waals surface area contributed by atoms with E-state index < -0.39 is 5.97 Å². The van der Waals surface area contributed by atoms with Crippen molar-refractivity contribution < 1.29 is 9.90 Å². The molecule has 0 spiro atoms. The van der Waals surface area contributed by atoms with Gasteiger partial charge in [0.15, 0.2) is 0 Å². The summed E-state index contributed by atoms with van der Waals surface area (Å²) in [6.07, 6.45) is 0.701. The van der Waals surface area contributed by atoms with Crippen LogP contribution in [0.1, 0.15) is 17.5 Å². The molecule has 4 N–H and O–H groups in total. The number of carboxylic acids is 1. The molecular weight excluding hydrogens is 332 g/mol. The first-order chi connectivity index (χ1) is 12.0. The van der Waals surface area contributed by atoms with Crippen molar-refractivity contribution in [1.82, 2.24) is 0 Å². The lowest BCUT2D eigenvalue weighted by molar-refractivity contribution is -0.136. The first-order valence-corrected chi connectivity index (χ1v) is 8.70. The minimum atomic E-state index is -0.775. The molecular formula is C20H18N2O2S. The van der Waals surface area contributed by atoms with Crippen molar-refractivity contribution in [3.8, 4) is 20.9 Å². The molecule has 0 unspecified atom stereocenters. The molecule has 0 bridgehead atoms. The molecule has 1 heterocycles. The highest BCUT2D eigenvalue weighted by Gasteiger charge is 2.06. The lowest BCUT2D eigenvalue weighted by Crippen LogP contribution is -2.10. The van der Waals surface area contributed by atoms with E-state index in [1.165, 1.54) is 0 Å². The zero-order chi connectivity index (χ0) is 17.8. The van der Waals surface area contributed by atoms with E-state index in [0.29, 0.717) is 6.42 Å². The predicted octanol–water partition coefficient (Wildman–Crippen LogP) is 4.38. The standard InChI is InChI=1S/C20H18N2O2S/c21-20(22)16-8-6-15(7-9-16)18-11-10-17(25-18)14-4-1-13(2-5-14)3-12-19(23)24/h1-2,4-11H,3,12H2,(H3,21,22)(H,23,24). The van der Waals surface area contributed by atoms with E-state index in [0.717, 1.165) is 32.0 Å². The van der Waals surface area contributed by atoms with Crippen LogP contribution in [0.4, 0.5) is 0 Å². The van der Waals surface area contributed by atoms with Crippen molar-refractivity contribution in [3.63, 3.8) is 0 Å². The van der Waals surface area contributed by atoms with Gasteiger partial charge in [0.25, 0.3) is 0 Å². The molecule has 3 aromatic rings. The summed E-state index contributed by atoms with van der Waals surface area (Å²) in [7, 11) is 0. The molecule has 0 fully saturated rings. The number of nitrogens with two attached hydrogens (primary N) is 1. The van der Waals surface area contributed by atoms with Crippen molar-refractivity contribution in [2.75, 3.05) is 0 Å². The van der Waals surface area contributed by atoms with Gasteiger partial charge in [0.1, 0.15) is 5.84 Å². The summed E-state index contributed by atoms with van der Waals surface area (Å²) in [4.78, 5) is 13.0. The second-order valence-electron chi connectivity index (χ2n) is 5.75. The zero-order valence-electron chi connectivity index (χ0n) is 13.5. The number of benzene rings is 2. The monoisotopic (exact) mass is 350 g/mol. The maximum atomic E-state index is 10.6. The second-order valence-corrected chi connectivity index (χ2v) is 6.83. The molecule has 0 aliphatic rings. The van der Waals surface area contributed by atoms with Gasteiger partial charge < -0.3 is 10.8 Å². The zero-order valence-corrected chi connectivity index (χ0v) is 14.3. The Kier molecular flexibility index (Phi) is 4.95. The molecule has 0 aliphatic carbocycles. The molecule has 4 nitrogen and oxygen atoms in total. The van der Waals surface area contributed by atoms with Gasteiger partial charge in [-0.15, -0.1) is 11.3 Å². The van der Waals surface area contributed by atoms with Crippen molar-refractivity contribution in [3.05, 3.63) is 71.8 Å². The summed E-state index contributed by atoms with van der Waals surface area (Å²) >= 11 is 1.70. The number of aliphatic carboxylic acids is 1. The van der Waals surface area contributed by atoms with Crippen LogP contribution in [-0.4, -0.2) is 16.9 Å². The smallest absolute Gasteiger partial charge is 0.303 e. The molecule has 0 atom stereocenters. The summed E-state index contributed by atoms with van der Waals surface area (Å²) in [5.41, 5.74) is 9.45. The number of thiophene rings is 1. The average molecular weight is 350 g/mol. The van der Waals surface area contributed by atoms with E-state index in [1.54, 1.807) is 11.3 Å². The molecule has 0 radical (unpaired) electrons. The average Bonchev–Trinajstić information content (AvgIpc) is 3.10. The van der Waals surface area contributed by atoms with Crippen LogP contribution in [0, 0.1) is 5.41 Å². The summed E-state index contributed by atoms with van der Waals surface area (Å²) in [6.45, 7) is 0. The Morgan fingerprint density at radius 1 is 0.920 bits per heavy atom. The number of carbonyl (C=O) groups is 1. The quantitative estimate of drug-likeness (QED) is 0.455. The number of amidine groups is 1.